The highest BCUT2D eigenvalue weighted by Gasteiger charge is 2.17. The van der Waals surface area contributed by atoms with Gasteiger partial charge in [0.05, 0.1) is 5.39 Å². The standard InChI is InChI=1S/C18H17F2N3S/c19-13-1-2-14(20)18-17(13)15(3-6-22-18)21-7-9-23-8-4-16-12(11-23)5-10-24-16/h1-3,5-6,10H,4,7-9,11H2,(H,21,22). The van der Waals surface area contributed by atoms with Gasteiger partial charge in [-0.1, -0.05) is 0 Å². The monoisotopic (exact) mass is 345 g/mol. The number of aromatic nitrogens is 1. The van der Waals surface area contributed by atoms with Crippen LogP contribution in [0.4, 0.5) is 14.5 Å². The second-order valence-corrected chi connectivity index (χ2v) is 6.93. The zero-order valence-corrected chi connectivity index (χ0v) is 13.9. The van der Waals surface area contributed by atoms with Crippen LogP contribution < -0.4 is 5.32 Å². The summed E-state index contributed by atoms with van der Waals surface area (Å²) in [6, 6.07) is 6.14. The number of anilines is 1. The van der Waals surface area contributed by atoms with Gasteiger partial charge in [-0.3, -0.25) is 9.88 Å². The molecule has 1 aromatic carbocycles. The Morgan fingerprint density at radius 2 is 2.04 bits per heavy atom. The summed E-state index contributed by atoms with van der Waals surface area (Å²) >= 11 is 1.83. The van der Waals surface area contributed by atoms with Crippen molar-refractivity contribution in [3.05, 3.63) is 57.9 Å². The molecule has 3 nitrogen and oxygen atoms in total. The Balaban J connectivity index is 1.45. The van der Waals surface area contributed by atoms with Gasteiger partial charge in [0.15, 0.2) is 0 Å². The van der Waals surface area contributed by atoms with Crippen LogP contribution in [0.1, 0.15) is 10.4 Å². The molecule has 0 aliphatic carbocycles. The summed E-state index contributed by atoms with van der Waals surface area (Å²) in [6.45, 7) is 3.53. The van der Waals surface area contributed by atoms with Gasteiger partial charge in [0.25, 0.3) is 0 Å². The lowest BCUT2D eigenvalue weighted by molar-refractivity contribution is 0.266. The van der Waals surface area contributed by atoms with E-state index in [2.05, 4.69) is 26.6 Å². The Morgan fingerprint density at radius 1 is 1.17 bits per heavy atom. The third-order valence-corrected chi connectivity index (χ3v) is 5.45. The van der Waals surface area contributed by atoms with Crippen LogP contribution in [0.5, 0.6) is 0 Å². The first kappa shape index (κ1) is 15.5. The molecule has 0 saturated carbocycles. The fourth-order valence-corrected chi connectivity index (χ4v) is 4.08. The molecule has 3 heterocycles. The third-order valence-electron chi connectivity index (χ3n) is 4.42. The van der Waals surface area contributed by atoms with Gasteiger partial charge in [0.1, 0.15) is 17.2 Å². The Hall–Kier alpha value is -2.05. The molecule has 0 bridgehead atoms. The van der Waals surface area contributed by atoms with Crippen LogP contribution in [-0.2, 0) is 13.0 Å². The summed E-state index contributed by atoms with van der Waals surface area (Å²) in [7, 11) is 0. The molecule has 0 fully saturated rings. The van der Waals surface area contributed by atoms with Crippen molar-refractivity contribution in [2.45, 2.75) is 13.0 Å². The summed E-state index contributed by atoms with van der Waals surface area (Å²) < 4.78 is 27.9. The molecule has 1 aliphatic heterocycles. The van der Waals surface area contributed by atoms with Crippen molar-refractivity contribution in [3.8, 4) is 0 Å². The maximum absolute atomic E-state index is 14.1. The summed E-state index contributed by atoms with van der Waals surface area (Å²) in [5, 5.41) is 5.60. The summed E-state index contributed by atoms with van der Waals surface area (Å²) in [6.07, 6.45) is 2.59. The Kier molecular flexibility index (Phi) is 4.16. The van der Waals surface area contributed by atoms with E-state index in [0.717, 1.165) is 38.2 Å². The topological polar surface area (TPSA) is 28.2 Å². The van der Waals surface area contributed by atoms with Crippen molar-refractivity contribution in [3.63, 3.8) is 0 Å². The van der Waals surface area contributed by atoms with E-state index >= 15 is 0 Å². The number of benzene rings is 1. The summed E-state index contributed by atoms with van der Waals surface area (Å²) in [5.74, 6) is -0.959. The van der Waals surface area contributed by atoms with Gasteiger partial charge >= 0.3 is 0 Å². The van der Waals surface area contributed by atoms with E-state index in [1.165, 1.54) is 16.6 Å². The van der Waals surface area contributed by atoms with Gasteiger partial charge in [-0.25, -0.2) is 8.78 Å². The maximum Gasteiger partial charge on any atom is 0.149 e. The predicted octanol–water partition coefficient (Wildman–Crippen LogP) is 4.04. The van der Waals surface area contributed by atoms with Crippen molar-refractivity contribution in [1.82, 2.24) is 9.88 Å². The van der Waals surface area contributed by atoms with Crippen LogP contribution in [0.2, 0.25) is 0 Å². The molecular formula is C18H17F2N3S. The largest absolute Gasteiger partial charge is 0.383 e. The molecule has 4 rings (SSSR count). The Labute approximate surface area is 142 Å². The lowest BCUT2D eigenvalue weighted by atomic mass is 10.1. The summed E-state index contributed by atoms with van der Waals surface area (Å²) in [4.78, 5) is 7.82. The number of halogens is 2. The Bertz CT molecular complexity index is 878. The van der Waals surface area contributed by atoms with Gasteiger partial charge in [-0.2, -0.15) is 0 Å². The van der Waals surface area contributed by atoms with E-state index < -0.39 is 11.6 Å². The van der Waals surface area contributed by atoms with E-state index in [1.54, 1.807) is 6.07 Å². The van der Waals surface area contributed by atoms with Crippen molar-refractivity contribution < 1.29 is 8.78 Å². The Morgan fingerprint density at radius 3 is 2.96 bits per heavy atom. The molecule has 124 valence electrons. The molecule has 0 radical (unpaired) electrons. The molecule has 6 heteroatoms. The van der Waals surface area contributed by atoms with Crippen LogP contribution in [0, 0.1) is 11.6 Å². The second kappa shape index (κ2) is 6.45. The van der Waals surface area contributed by atoms with Gasteiger partial charge in [0, 0.05) is 42.9 Å². The average Bonchev–Trinajstić information content (AvgIpc) is 3.06. The average molecular weight is 345 g/mol. The molecule has 0 atom stereocenters. The molecule has 24 heavy (non-hydrogen) atoms. The molecule has 0 saturated heterocycles. The van der Waals surface area contributed by atoms with Gasteiger partial charge < -0.3 is 5.32 Å². The van der Waals surface area contributed by atoms with Crippen molar-refractivity contribution in [2.75, 3.05) is 25.0 Å². The van der Waals surface area contributed by atoms with Crippen molar-refractivity contribution in [2.24, 2.45) is 0 Å². The van der Waals surface area contributed by atoms with E-state index in [9.17, 15) is 8.78 Å². The molecule has 1 aliphatic rings. The highest BCUT2D eigenvalue weighted by molar-refractivity contribution is 7.10. The number of nitrogens with zero attached hydrogens (tertiary/aromatic N) is 2. The molecule has 0 unspecified atom stereocenters. The van der Waals surface area contributed by atoms with Crippen LogP contribution in [0.3, 0.4) is 0 Å². The number of pyridine rings is 1. The van der Waals surface area contributed by atoms with Gasteiger partial charge in [0.2, 0.25) is 0 Å². The van der Waals surface area contributed by atoms with E-state index in [0.29, 0.717) is 12.2 Å². The first-order valence-electron chi connectivity index (χ1n) is 7.96. The number of hydrogen-bond acceptors (Lipinski definition) is 4. The zero-order chi connectivity index (χ0) is 16.5. The number of hydrogen-bond donors (Lipinski definition) is 1. The zero-order valence-electron chi connectivity index (χ0n) is 13.1. The number of nitrogens with one attached hydrogen (secondary N) is 1. The predicted molar refractivity (Wildman–Crippen MR) is 93.4 cm³/mol. The molecule has 0 spiro atoms. The van der Waals surface area contributed by atoms with Crippen molar-refractivity contribution in [1.29, 1.82) is 0 Å². The fourth-order valence-electron chi connectivity index (χ4n) is 3.19. The van der Waals surface area contributed by atoms with Crippen LogP contribution in [0.25, 0.3) is 10.9 Å². The minimum Gasteiger partial charge on any atom is -0.383 e. The quantitative estimate of drug-likeness (QED) is 0.773. The lowest BCUT2D eigenvalue weighted by Gasteiger charge is -2.27. The highest BCUT2D eigenvalue weighted by Crippen LogP contribution is 2.27. The van der Waals surface area contributed by atoms with Gasteiger partial charge in [-0.05, 0) is 41.6 Å². The van der Waals surface area contributed by atoms with E-state index in [4.69, 9.17) is 0 Å². The third kappa shape index (κ3) is 2.87. The maximum atomic E-state index is 14.1. The minimum absolute atomic E-state index is 0.0703. The second-order valence-electron chi connectivity index (χ2n) is 5.93. The minimum atomic E-state index is -0.504. The number of rotatable bonds is 4. The van der Waals surface area contributed by atoms with Crippen LogP contribution >= 0.6 is 11.3 Å². The van der Waals surface area contributed by atoms with Gasteiger partial charge in [-0.15, -0.1) is 11.3 Å². The number of thiophene rings is 1. The SMILES string of the molecule is Fc1ccc(F)c2c(NCCN3CCc4sccc4C3)ccnc12. The molecule has 2 aromatic heterocycles. The molecule has 0 amide bonds. The van der Waals surface area contributed by atoms with Crippen LogP contribution in [-0.4, -0.2) is 29.5 Å². The van der Waals surface area contributed by atoms with E-state index in [-0.39, 0.29) is 10.9 Å². The lowest BCUT2D eigenvalue weighted by Crippen LogP contribution is -2.33. The molecular weight excluding hydrogens is 328 g/mol. The smallest absolute Gasteiger partial charge is 0.149 e. The number of fused-ring (bicyclic) bond motifs is 2. The molecule has 1 N–H and O–H groups in total. The van der Waals surface area contributed by atoms with Crippen LogP contribution in [0.15, 0.2) is 35.8 Å². The normalized spacial score (nSPS) is 14.8. The summed E-state index contributed by atoms with van der Waals surface area (Å²) in [5.41, 5.74) is 2.07. The first-order valence-corrected chi connectivity index (χ1v) is 8.84. The van der Waals surface area contributed by atoms with E-state index in [1.807, 2.05) is 11.3 Å². The highest BCUT2D eigenvalue weighted by atomic mass is 32.1. The first-order chi connectivity index (χ1) is 11.7. The molecule has 3 aromatic rings. The fraction of sp³-hybridized carbons (Fsp3) is 0.278. The van der Waals surface area contributed by atoms with Crippen molar-refractivity contribution >= 4 is 27.9 Å².